The van der Waals surface area contributed by atoms with Gasteiger partial charge in [-0.1, -0.05) is 29.5 Å². The van der Waals surface area contributed by atoms with Crippen molar-refractivity contribution in [1.29, 1.82) is 0 Å². The van der Waals surface area contributed by atoms with Gasteiger partial charge in [-0.05, 0) is 54.0 Å². The van der Waals surface area contributed by atoms with E-state index < -0.39 is 16.9 Å². The summed E-state index contributed by atoms with van der Waals surface area (Å²) >= 11 is 4.53. The van der Waals surface area contributed by atoms with E-state index in [4.69, 9.17) is 13.9 Å². The number of esters is 1. The first-order valence-electron chi connectivity index (χ1n) is 12.1. The number of rotatable bonds is 7. The van der Waals surface area contributed by atoms with E-state index in [1.165, 1.54) is 35.1 Å². The smallest absolute Gasteiger partial charge is 0.338 e. The summed E-state index contributed by atoms with van der Waals surface area (Å²) in [7, 11) is 1.53. The number of allylic oxidation sites excluding steroid dienone is 1. The van der Waals surface area contributed by atoms with E-state index in [-0.39, 0.29) is 23.4 Å². The van der Waals surface area contributed by atoms with E-state index in [1.54, 1.807) is 50.3 Å². The molecular weight excluding hydrogens is 602 g/mol. The third kappa shape index (κ3) is 4.91. The normalized spacial score (nSPS) is 15.0. The Morgan fingerprint density at radius 1 is 1.25 bits per heavy atom. The van der Waals surface area contributed by atoms with Gasteiger partial charge in [0.2, 0.25) is 0 Å². The summed E-state index contributed by atoms with van der Waals surface area (Å²) in [6.45, 7) is 3.60. The number of hydrogen-bond acceptors (Lipinski definition) is 9. The Kier molecular flexibility index (Phi) is 7.55. The van der Waals surface area contributed by atoms with Gasteiger partial charge in [0.05, 0.1) is 34.4 Å². The van der Waals surface area contributed by atoms with E-state index in [1.807, 2.05) is 12.1 Å². The molecule has 0 amide bonds. The Hall–Kier alpha value is -4.29. The third-order valence-electron chi connectivity index (χ3n) is 6.28. The van der Waals surface area contributed by atoms with Gasteiger partial charge < -0.3 is 13.9 Å². The minimum absolute atomic E-state index is 0.0504. The summed E-state index contributed by atoms with van der Waals surface area (Å²) in [4.78, 5) is 42.5. The summed E-state index contributed by atoms with van der Waals surface area (Å²) in [5, 5.41) is 11.1. The van der Waals surface area contributed by atoms with Crippen LogP contribution in [0.2, 0.25) is 0 Å². The Morgan fingerprint density at radius 3 is 2.73 bits per heavy atom. The van der Waals surface area contributed by atoms with E-state index in [2.05, 4.69) is 20.9 Å². The summed E-state index contributed by atoms with van der Waals surface area (Å²) in [6.07, 6.45) is 1.61. The lowest BCUT2D eigenvalue weighted by Crippen LogP contribution is -2.40. The first kappa shape index (κ1) is 27.3. The van der Waals surface area contributed by atoms with Crippen molar-refractivity contribution in [2.24, 2.45) is 4.99 Å². The van der Waals surface area contributed by atoms with Crippen molar-refractivity contribution in [2.45, 2.75) is 19.9 Å². The Bertz CT molecular complexity index is 1870. The second-order valence-electron chi connectivity index (χ2n) is 8.67. The molecule has 1 atom stereocenters. The minimum Gasteiger partial charge on any atom is -0.496 e. The lowest BCUT2D eigenvalue weighted by Gasteiger charge is -2.25. The Morgan fingerprint density at radius 2 is 2.02 bits per heavy atom. The first-order valence-corrected chi connectivity index (χ1v) is 13.7. The molecule has 0 radical (unpaired) electrons. The summed E-state index contributed by atoms with van der Waals surface area (Å²) in [5.41, 5.74) is 1.55. The second kappa shape index (κ2) is 11.1. The standard InChI is InChI=1S/C28H22BrN3O7S/c1-4-38-27(34)24-15(2)30-28-31(25(24)19-7-5-6-8-21(19)37-3)26(33)23(40-28)14-17-10-12-22(39-17)18-11-9-16(32(35)36)13-20(18)29/h5-14,25H,4H2,1-3H3/b23-14-. The molecule has 1 aliphatic heterocycles. The Labute approximate surface area is 239 Å². The molecule has 0 bridgehead atoms. The molecule has 2 aromatic carbocycles. The van der Waals surface area contributed by atoms with Gasteiger partial charge in [-0.2, -0.15) is 0 Å². The van der Waals surface area contributed by atoms with Gasteiger partial charge in [-0.3, -0.25) is 19.5 Å². The van der Waals surface area contributed by atoms with Gasteiger partial charge in [0.1, 0.15) is 23.3 Å². The first-order chi connectivity index (χ1) is 19.2. The zero-order chi connectivity index (χ0) is 28.6. The molecule has 2 aromatic heterocycles. The number of hydrogen-bond donors (Lipinski definition) is 0. The highest BCUT2D eigenvalue weighted by molar-refractivity contribution is 9.10. The predicted molar refractivity (Wildman–Crippen MR) is 152 cm³/mol. The van der Waals surface area contributed by atoms with Crippen LogP contribution < -0.4 is 19.6 Å². The highest BCUT2D eigenvalue weighted by Gasteiger charge is 2.35. The van der Waals surface area contributed by atoms with E-state index >= 15 is 0 Å². The average Bonchev–Trinajstić information content (AvgIpc) is 3.51. The van der Waals surface area contributed by atoms with Crippen molar-refractivity contribution in [3.8, 4) is 17.1 Å². The zero-order valence-electron chi connectivity index (χ0n) is 21.5. The molecule has 1 unspecified atom stereocenters. The summed E-state index contributed by atoms with van der Waals surface area (Å²) < 4.78 is 19.2. The molecular formula is C28H22BrN3O7S. The van der Waals surface area contributed by atoms with Crippen LogP contribution in [0.5, 0.6) is 5.75 Å². The zero-order valence-corrected chi connectivity index (χ0v) is 23.9. The number of aromatic nitrogens is 1. The summed E-state index contributed by atoms with van der Waals surface area (Å²) in [6, 6.07) is 14.2. The van der Waals surface area contributed by atoms with Crippen molar-refractivity contribution >= 4 is 45.0 Å². The van der Waals surface area contributed by atoms with Gasteiger partial charge in [0.25, 0.3) is 11.2 Å². The number of methoxy groups -OCH3 is 1. The van der Waals surface area contributed by atoms with Crippen LogP contribution in [0, 0.1) is 10.1 Å². The minimum atomic E-state index is -0.808. The summed E-state index contributed by atoms with van der Waals surface area (Å²) in [5.74, 6) is 0.829. The fourth-order valence-corrected chi connectivity index (χ4v) is 6.09. The highest BCUT2D eigenvalue weighted by Crippen LogP contribution is 2.36. The maximum atomic E-state index is 13.8. The van der Waals surface area contributed by atoms with Crippen LogP contribution in [0.1, 0.15) is 31.2 Å². The van der Waals surface area contributed by atoms with Crippen molar-refractivity contribution in [1.82, 2.24) is 4.57 Å². The molecule has 0 aliphatic carbocycles. The maximum Gasteiger partial charge on any atom is 0.338 e. The molecule has 0 N–H and O–H groups in total. The van der Waals surface area contributed by atoms with Gasteiger partial charge >= 0.3 is 5.97 Å². The number of carbonyl (C=O) groups excluding carboxylic acids is 1. The predicted octanol–water partition coefficient (Wildman–Crippen LogP) is 4.74. The average molecular weight is 624 g/mol. The SMILES string of the molecule is CCOC(=O)C1=C(C)N=c2s/c(=C\c3ccc(-c4ccc([N+](=O)[O-])cc4Br)o3)c(=O)n2C1c1ccccc1OC. The third-order valence-corrected chi connectivity index (χ3v) is 7.92. The van der Waals surface area contributed by atoms with Crippen LogP contribution in [-0.4, -0.2) is 29.2 Å². The second-order valence-corrected chi connectivity index (χ2v) is 10.5. The number of halogens is 1. The number of nitrogens with zero attached hydrogens (tertiary/aromatic N) is 3. The van der Waals surface area contributed by atoms with Crippen LogP contribution in [0.25, 0.3) is 17.4 Å². The number of carbonyl (C=O) groups is 1. The monoisotopic (exact) mass is 623 g/mol. The lowest BCUT2D eigenvalue weighted by atomic mass is 9.95. The van der Waals surface area contributed by atoms with Crippen LogP contribution in [-0.2, 0) is 9.53 Å². The molecule has 0 fully saturated rings. The molecule has 204 valence electrons. The number of thiazole rings is 1. The fourth-order valence-electron chi connectivity index (χ4n) is 4.50. The molecule has 0 saturated heterocycles. The Balaban J connectivity index is 1.63. The van der Waals surface area contributed by atoms with E-state index in [0.717, 1.165) is 0 Å². The van der Waals surface area contributed by atoms with Crippen molar-refractivity contribution < 1.29 is 23.6 Å². The molecule has 5 rings (SSSR count). The van der Waals surface area contributed by atoms with Crippen LogP contribution in [0.4, 0.5) is 5.69 Å². The fraction of sp³-hybridized carbons (Fsp3) is 0.179. The molecule has 0 spiro atoms. The van der Waals surface area contributed by atoms with E-state index in [0.29, 0.717) is 47.9 Å². The molecule has 40 heavy (non-hydrogen) atoms. The number of para-hydroxylation sites is 1. The number of benzene rings is 2. The van der Waals surface area contributed by atoms with Crippen molar-refractivity contribution in [3.63, 3.8) is 0 Å². The van der Waals surface area contributed by atoms with Gasteiger partial charge in [-0.15, -0.1) is 0 Å². The maximum absolute atomic E-state index is 13.8. The molecule has 4 aromatic rings. The molecule has 1 aliphatic rings. The van der Waals surface area contributed by atoms with Crippen LogP contribution in [0.15, 0.2) is 84.5 Å². The molecule has 12 heteroatoms. The van der Waals surface area contributed by atoms with Gasteiger partial charge in [0, 0.05) is 33.8 Å². The van der Waals surface area contributed by atoms with E-state index in [9.17, 15) is 19.7 Å². The highest BCUT2D eigenvalue weighted by atomic mass is 79.9. The number of ether oxygens (including phenoxy) is 2. The number of nitro groups is 1. The largest absolute Gasteiger partial charge is 0.496 e. The van der Waals surface area contributed by atoms with Gasteiger partial charge in [-0.25, -0.2) is 9.79 Å². The van der Waals surface area contributed by atoms with Crippen molar-refractivity contribution in [3.05, 3.63) is 111 Å². The molecule has 3 heterocycles. The number of non-ortho nitro benzene ring substituents is 1. The van der Waals surface area contributed by atoms with Crippen LogP contribution in [0.3, 0.4) is 0 Å². The topological polar surface area (TPSA) is 126 Å². The lowest BCUT2D eigenvalue weighted by molar-refractivity contribution is -0.384. The molecule has 10 nitrogen and oxygen atoms in total. The number of furan rings is 1. The molecule has 0 saturated carbocycles. The quantitative estimate of drug-likeness (QED) is 0.165. The number of nitro benzene ring substituents is 1. The number of fused-ring (bicyclic) bond motifs is 1. The van der Waals surface area contributed by atoms with Crippen LogP contribution >= 0.6 is 27.3 Å². The van der Waals surface area contributed by atoms with Crippen molar-refractivity contribution in [2.75, 3.05) is 13.7 Å². The van der Waals surface area contributed by atoms with Gasteiger partial charge in [0.15, 0.2) is 4.80 Å².